The summed E-state index contributed by atoms with van der Waals surface area (Å²) in [5.41, 5.74) is 16.2. The molecule has 22 nitrogen and oxygen atoms in total. The minimum atomic E-state index is -1.64. The van der Waals surface area contributed by atoms with Gasteiger partial charge in [-0.05, 0) is 45.1 Å². The first-order valence-electron chi connectivity index (χ1n) is 15.9. The number of carboxylic acids is 3. The molecule has 0 aliphatic carbocycles. The fourth-order valence-electron chi connectivity index (χ4n) is 4.23. The topological polar surface area (TPSA) is 382 Å². The van der Waals surface area contributed by atoms with E-state index in [0.29, 0.717) is 6.42 Å². The van der Waals surface area contributed by atoms with Crippen LogP contribution in [0.2, 0.25) is 0 Å². The molecule has 7 amide bonds. The number of hydrogen-bond acceptors (Lipinski definition) is 12. The van der Waals surface area contributed by atoms with Crippen molar-refractivity contribution < 1.29 is 63.3 Å². The summed E-state index contributed by atoms with van der Waals surface area (Å²) in [4.78, 5) is 122. The summed E-state index contributed by atoms with van der Waals surface area (Å²) in [6, 6.07) is -8.81. The van der Waals surface area contributed by atoms with E-state index in [2.05, 4.69) is 31.9 Å². The average Bonchev–Trinajstić information content (AvgIpc) is 3.02. The van der Waals surface area contributed by atoms with Gasteiger partial charge in [0.25, 0.3) is 0 Å². The van der Waals surface area contributed by atoms with Crippen molar-refractivity contribution in [1.82, 2.24) is 31.9 Å². The highest BCUT2D eigenvalue weighted by Gasteiger charge is 2.33. The van der Waals surface area contributed by atoms with Crippen molar-refractivity contribution in [3.8, 4) is 0 Å². The van der Waals surface area contributed by atoms with E-state index in [1.807, 2.05) is 0 Å². The maximum absolute atomic E-state index is 13.5. The van der Waals surface area contributed by atoms with E-state index in [4.69, 9.17) is 27.4 Å². The second-order valence-electron chi connectivity index (χ2n) is 11.9. The lowest BCUT2D eigenvalue weighted by Gasteiger charge is -2.27. The van der Waals surface area contributed by atoms with Crippen molar-refractivity contribution in [2.75, 3.05) is 13.1 Å². The van der Waals surface area contributed by atoms with E-state index < -0.39 is 134 Å². The zero-order valence-corrected chi connectivity index (χ0v) is 28.6. The molecular weight excluding hydrogens is 682 g/mol. The highest BCUT2D eigenvalue weighted by Crippen LogP contribution is 2.08. The zero-order valence-electron chi connectivity index (χ0n) is 28.6. The Labute approximate surface area is 292 Å². The third-order valence-corrected chi connectivity index (χ3v) is 7.05. The van der Waals surface area contributed by atoms with E-state index >= 15 is 0 Å². The van der Waals surface area contributed by atoms with Gasteiger partial charge in [-0.1, -0.05) is 13.8 Å². The SMILES string of the molecule is CC(C)[C@H](NC(=O)CNC(=O)[C@@H](N)CC(=O)O)C(=O)N[C@@H](CCC(=O)O)C(=O)N[C@@H](CCCCN)C(=O)N[C@@H](CC(N)=O)C(=O)N[C@@H](C)C(=O)O. The third-order valence-electron chi connectivity index (χ3n) is 7.05. The summed E-state index contributed by atoms with van der Waals surface area (Å²) >= 11 is 0. The van der Waals surface area contributed by atoms with Gasteiger partial charge < -0.3 is 64.4 Å². The number of hydrogen-bond donors (Lipinski definition) is 12. The largest absolute Gasteiger partial charge is 0.481 e. The molecule has 0 fully saturated rings. The van der Waals surface area contributed by atoms with E-state index in [9.17, 15) is 53.1 Å². The summed E-state index contributed by atoms with van der Waals surface area (Å²) in [5, 5.41) is 40.7. The molecule has 0 radical (unpaired) electrons. The summed E-state index contributed by atoms with van der Waals surface area (Å²) in [5.74, 6) is -11.5. The van der Waals surface area contributed by atoms with Crippen molar-refractivity contribution >= 4 is 59.3 Å². The van der Waals surface area contributed by atoms with Crippen LogP contribution in [-0.2, 0) is 47.9 Å². The van der Waals surface area contributed by atoms with Gasteiger partial charge in [0.05, 0.1) is 25.4 Å². The predicted molar refractivity (Wildman–Crippen MR) is 175 cm³/mol. The van der Waals surface area contributed by atoms with Gasteiger partial charge in [-0.3, -0.25) is 47.9 Å². The molecule has 0 spiro atoms. The van der Waals surface area contributed by atoms with E-state index in [1.165, 1.54) is 13.8 Å². The second-order valence-corrected chi connectivity index (χ2v) is 11.9. The highest BCUT2D eigenvalue weighted by atomic mass is 16.4. The number of rotatable bonds is 25. The van der Waals surface area contributed by atoms with Crippen LogP contribution in [0.1, 0.15) is 65.7 Å². The monoisotopic (exact) mass is 731 g/mol. The van der Waals surface area contributed by atoms with E-state index in [-0.39, 0.29) is 19.4 Å². The Morgan fingerprint density at radius 1 is 0.627 bits per heavy atom. The average molecular weight is 732 g/mol. The zero-order chi connectivity index (χ0) is 39.4. The van der Waals surface area contributed by atoms with Gasteiger partial charge in [-0.25, -0.2) is 0 Å². The fourth-order valence-corrected chi connectivity index (χ4v) is 4.23. The van der Waals surface area contributed by atoms with Crippen molar-refractivity contribution in [3.63, 3.8) is 0 Å². The molecule has 0 saturated heterocycles. The first kappa shape index (κ1) is 45.6. The molecule has 0 heterocycles. The lowest BCUT2D eigenvalue weighted by molar-refractivity contribution is -0.142. The maximum atomic E-state index is 13.5. The van der Waals surface area contributed by atoms with Gasteiger partial charge >= 0.3 is 17.9 Å². The van der Waals surface area contributed by atoms with Crippen LogP contribution in [-0.4, -0.2) is 124 Å². The first-order valence-corrected chi connectivity index (χ1v) is 15.9. The van der Waals surface area contributed by atoms with E-state index in [0.717, 1.165) is 6.92 Å². The van der Waals surface area contributed by atoms with Crippen LogP contribution >= 0.6 is 0 Å². The van der Waals surface area contributed by atoms with Gasteiger partial charge in [0, 0.05) is 6.42 Å². The normalized spacial score (nSPS) is 14.3. The molecule has 0 aromatic carbocycles. The Hall–Kier alpha value is -5.38. The Balaban J connectivity index is 6.03. The Morgan fingerprint density at radius 3 is 1.65 bits per heavy atom. The lowest BCUT2D eigenvalue weighted by atomic mass is 10.0. The Morgan fingerprint density at radius 2 is 1.16 bits per heavy atom. The minimum Gasteiger partial charge on any atom is -0.481 e. The molecule has 0 saturated carbocycles. The molecule has 6 atom stereocenters. The molecule has 22 heteroatoms. The summed E-state index contributed by atoms with van der Waals surface area (Å²) in [6.45, 7) is 3.73. The van der Waals surface area contributed by atoms with E-state index in [1.54, 1.807) is 0 Å². The molecule has 51 heavy (non-hydrogen) atoms. The van der Waals surface area contributed by atoms with Crippen molar-refractivity contribution in [2.24, 2.45) is 23.1 Å². The van der Waals surface area contributed by atoms with Gasteiger partial charge in [0.1, 0.15) is 30.2 Å². The number of nitrogens with two attached hydrogens (primary N) is 3. The maximum Gasteiger partial charge on any atom is 0.325 e. The standard InChI is InChI=1S/C29H49N9O13/c1-13(2)23(38-20(40)12-33-24(45)15(31)10-22(43)44)28(49)36-17(7-8-21(41)42)26(47)35-16(6-4-5-9-30)25(46)37-18(11-19(32)39)27(48)34-14(3)29(50)51/h13-18,23H,4-12,30-31H2,1-3H3,(H2,32,39)(H,33,45)(H,34,48)(H,35,47)(H,36,49)(H,37,46)(H,38,40)(H,41,42)(H,43,44)(H,50,51)/t14-,15-,16-,17-,18-,23-/m0/s1. The lowest BCUT2D eigenvalue weighted by Crippen LogP contribution is -2.59. The number of carbonyl (C=O) groups excluding carboxylic acids is 7. The van der Waals surface area contributed by atoms with Crippen LogP contribution < -0.4 is 49.1 Å². The molecule has 0 aromatic rings. The van der Waals surface area contributed by atoms with Crippen LogP contribution in [0.5, 0.6) is 0 Å². The summed E-state index contributed by atoms with van der Waals surface area (Å²) < 4.78 is 0. The minimum absolute atomic E-state index is 0.0721. The molecular formula is C29H49N9O13. The molecule has 0 bridgehead atoms. The fraction of sp³-hybridized carbons (Fsp3) is 0.655. The van der Waals surface area contributed by atoms with Crippen LogP contribution in [0.3, 0.4) is 0 Å². The van der Waals surface area contributed by atoms with Crippen LogP contribution in [0.25, 0.3) is 0 Å². The van der Waals surface area contributed by atoms with Gasteiger partial charge in [0.2, 0.25) is 41.4 Å². The number of primary amides is 1. The first-order chi connectivity index (χ1) is 23.7. The summed E-state index contributed by atoms with van der Waals surface area (Å²) in [6.07, 6.45) is -1.93. The Bertz CT molecular complexity index is 1290. The number of aliphatic carboxylic acids is 3. The number of carboxylic acid groups (broad SMARTS) is 3. The van der Waals surface area contributed by atoms with Crippen LogP contribution in [0.4, 0.5) is 0 Å². The van der Waals surface area contributed by atoms with Crippen molar-refractivity contribution in [3.05, 3.63) is 0 Å². The number of nitrogens with one attached hydrogen (secondary N) is 6. The molecule has 288 valence electrons. The predicted octanol–water partition coefficient (Wildman–Crippen LogP) is -5.04. The quantitative estimate of drug-likeness (QED) is 0.0391. The summed E-state index contributed by atoms with van der Waals surface area (Å²) in [7, 11) is 0. The highest BCUT2D eigenvalue weighted by molar-refractivity contribution is 5.97. The van der Waals surface area contributed by atoms with Gasteiger partial charge in [-0.15, -0.1) is 0 Å². The smallest absolute Gasteiger partial charge is 0.325 e. The van der Waals surface area contributed by atoms with Gasteiger partial charge in [0.15, 0.2) is 0 Å². The van der Waals surface area contributed by atoms with Crippen LogP contribution in [0, 0.1) is 5.92 Å². The second kappa shape index (κ2) is 23.1. The third kappa shape index (κ3) is 18.8. The number of carbonyl (C=O) groups is 10. The Kier molecular flexibility index (Phi) is 20.7. The van der Waals surface area contributed by atoms with Crippen LogP contribution in [0.15, 0.2) is 0 Å². The number of unbranched alkanes of at least 4 members (excludes halogenated alkanes) is 1. The van der Waals surface area contributed by atoms with Crippen molar-refractivity contribution in [1.29, 1.82) is 0 Å². The molecule has 0 aliphatic heterocycles. The molecule has 0 aliphatic rings. The van der Waals surface area contributed by atoms with Crippen molar-refractivity contribution in [2.45, 2.75) is 102 Å². The number of amides is 7. The molecule has 0 aromatic heterocycles. The molecule has 0 unspecified atom stereocenters. The molecule has 15 N–H and O–H groups in total. The van der Waals surface area contributed by atoms with Gasteiger partial charge in [-0.2, -0.15) is 0 Å². The molecule has 0 rings (SSSR count).